The first-order chi connectivity index (χ1) is 10.6. The van der Waals surface area contributed by atoms with E-state index in [0.29, 0.717) is 28.7 Å². The Morgan fingerprint density at radius 3 is 2.27 bits per heavy atom. The third-order valence-electron chi connectivity index (χ3n) is 3.76. The van der Waals surface area contributed by atoms with Crippen LogP contribution in [-0.4, -0.2) is 26.5 Å². The lowest BCUT2D eigenvalue weighted by atomic mass is 9.90. The second-order valence-corrected chi connectivity index (χ2v) is 5.17. The molecule has 3 rings (SSSR count). The minimum atomic E-state index is -0.925. The molecule has 0 amide bonds. The summed E-state index contributed by atoms with van der Waals surface area (Å²) in [5, 5.41) is 39.8. The number of hydrogen-bond acceptors (Lipinski definition) is 4. The molecule has 1 aliphatic rings. The molecule has 4 heteroatoms. The zero-order valence-corrected chi connectivity index (χ0v) is 11.8. The SMILES string of the molecule is OC1=C(c2ccccc2-c2cccc(O)c2O)C=CC[C@H]1O. The average Bonchev–Trinajstić information content (AvgIpc) is 2.53. The quantitative estimate of drug-likeness (QED) is 0.641. The minimum Gasteiger partial charge on any atom is -0.509 e. The van der Waals surface area contributed by atoms with Gasteiger partial charge in [0.1, 0.15) is 11.9 Å². The molecule has 2 aromatic rings. The maximum absolute atomic E-state index is 10.2. The second kappa shape index (κ2) is 5.58. The van der Waals surface area contributed by atoms with Gasteiger partial charge in [0.05, 0.1) is 0 Å². The van der Waals surface area contributed by atoms with Crippen LogP contribution in [0, 0.1) is 0 Å². The third-order valence-corrected chi connectivity index (χ3v) is 3.76. The highest BCUT2D eigenvalue weighted by atomic mass is 16.3. The third kappa shape index (κ3) is 2.34. The van der Waals surface area contributed by atoms with Gasteiger partial charge in [0, 0.05) is 11.1 Å². The van der Waals surface area contributed by atoms with Crippen LogP contribution >= 0.6 is 0 Å². The summed E-state index contributed by atoms with van der Waals surface area (Å²) in [5.74, 6) is -0.505. The van der Waals surface area contributed by atoms with E-state index in [1.165, 1.54) is 6.07 Å². The maximum atomic E-state index is 10.2. The molecule has 4 N–H and O–H groups in total. The van der Waals surface area contributed by atoms with E-state index in [-0.39, 0.29) is 17.3 Å². The first-order valence-electron chi connectivity index (χ1n) is 6.98. The first-order valence-corrected chi connectivity index (χ1v) is 6.98. The zero-order chi connectivity index (χ0) is 15.7. The number of phenolic OH excluding ortho intramolecular Hbond substituents is 2. The molecule has 0 radical (unpaired) electrons. The van der Waals surface area contributed by atoms with Gasteiger partial charge in [-0.25, -0.2) is 0 Å². The smallest absolute Gasteiger partial charge is 0.165 e. The van der Waals surface area contributed by atoms with Crippen molar-refractivity contribution in [2.24, 2.45) is 0 Å². The molecule has 112 valence electrons. The summed E-state index contributed by atoms with van der Waals surface area (Å²) in [4.78, 5) is 0. The molecule has 0 aromatic heterocycles. The van der Waals surface area contributed by atoms with E-state index < -0.39 is 6.10 Å². The number of aliphatic hydroxyl groups is 2. The Balaban J connectivity index is 2.22. The number of phenols is 2. The van der Waals surface area contributed by atoms with Gasteiger partial charge in [0.15, 0.2) is 11.5 Å². The van der Waals surface area contributed by atoms with Crippen LogP contribution in [0.1, 0.15) is 12.0 Å². The van der Waals surface area contributed by atoms with Gasteiger partial charge in [-0.1, -0.05) is 48.6 Å². The van der Waals surface area contributed by atoms with Gasteiger partial charge in [-0.15, -0.1) is 0 Å². The Labute approximate surface area is 127 Å². The molecule has 0 spiro atoms. The number of allylic oxidation sites excluding steroid dienone is 2. The van der Waals surface area contributed by atoms with E-state index in [0.717, 1.165) is 0 Å². The number of benzene rings is 2. The molecule has 4 nitrogen and oxygen atoms in total. The largest absolute Gasteiger partial charge is 0.509 e. The lowest BCUT2D eigenvalue weighted by Gasteiger charge is -2.19. The molecule has 0 fully saturated rings. The number of rotatable bonds is 2. The van der Waals surface area contributed by atoms with E-state index in [2.05, 4.69) is 0 Å². The van der Waals surface area contributed by atoms with Crippen LogP contribution in [0.3, 0.4) is 0 Å². The van der Waals surface area contributed by atoms with Crippen molar-refractivity contribution in [1.29, 1.82) is 0 Å². The molecular weight excluding hydrogens is 280 g/mol. The second-order valence-electron chi connectivity index (χ2n) is 5.17. The highest BCUT2D eigenvalue weighted by Gasteiger charge is 2.21. The van der Waals surface area contributed by atoms with Gasteiger partial charge < -0.3 is 20.4 Å². The molecule has 22 heavy (non-hydrogen) atoms. The fourth-order valence-electron chi connectivity index (χ4n) is 2.62. The van der Waals surface area contributed by atoms with Crippen molar-refractivity contribution in [2.45, 2.75) is 12.5 Å². The van der Waals surface area contributed by atoms with Crippen LogP contribution < -0.4 is 0 Å². The minimum absolute atomic E-state index is 0.0883. The molecule has 0 aliphatic heterocycles. The van der Waals surface area contributed by atoms with E-state index >= 15 is 0 Å². The summed E-state index contributed by atoms with van der Waals surface area (Å²) in [7, 11) is 0. The number of aliphatic hydroxyl groups excluding tert-OH is 2. The number of aromatic hydroxyl groups is 2. The summed E-state index contributed by atoms with van der Waals surface area (Å²) in [5.41, 5.74) is 2.31. The van der Waals surface area contributed by atoms with Gasteiger partial charge in [-0.2, -0.15) is 0 Å². The predicted octanol–water partition coefficient (Wildman–Crippen LogP) is 3.35. The summed E-state index contributed by atoms with van der Waals surface area (Å²) in [6.07, 6.45) is 2.99. The van der Waals surface area contributed by atoms with Gasteiger partial charge in [0.25, 0.3) is 0 Å². The topological polar surface area (TPSA) is 80.9 Å². The Kier molecular flexibility index (Phi) is 3.61. The lowest BCUT2D eigenvalue weighted by molar-refractivity contribution is 0.156. The fourth-order valence-corrected chi connectivity index (χ4v) is 2.62. The highest BCUT2D eigenvalue weighted by molar-refractivity contribution is 5.89. The van der Waals surface area contributed by atoms with Crippen molar-refractivity contribution < 1.29 is 20.4 Å². The maximum Gasteiger partial charge on any atom is 0.165 e. The monoisotopic (exact) mass is 296 g/mol. The number of hydrogen-bond donors (Lipinski definition) is 4. The lowest BCUT2D eigenvalue weighted by Crippen LogP contribution is -2.13. The van der Waals surface area contributed by atoms with Crippen LogP contribution in [0.15, 0.2) is 60.4 Å². The van der Waals surface area contributed by atoms with E-state index in [1.54, 1.807) is 36.4 Å². The standard InChI is InChI=1S/C18H16O4/c19-15-9-3-7-13(17(15)21)11-5-1-2-6-12(11)14-8-4-10-16(20)18(14)22/h1-9,16,19-22H,10H2/t16-/m1/s1. The molecule has 0 saturated carbocycles. The van der Waals surface area contributed by atoms with Crippen molar-refractivity contribution in [3.05, 3.63) is 65.9 Å². The molecule has 1 aliphatic carbocycles. The average molecular weight is 296 g/mol. The zero-order valence-electron chi connectivity index (χ0n) is 11.8. The van der Waals surface area contributed by atoms with Crippen molar-refractivity contribution in [3.8, 4) is 22.6 Å². The van der Waals surface area contributed by atoms with Gasteiger partial charge in [0.2, 0.25) is 0 Å². The molecule has 2 aromatic carbocycles. The van der Waals surface area contributed by atoms with Crippen molar-refractivity contribution in [2.75, 3.05) is 0 Å². The Morgan fingerprint density at radius 2 is 1.50 bits per heavy atom. The van der Waals surface area contributed by atoms with Gasteiger partial charge >= 0.3 is 0 Å². The summed E-state index contributed by atoms with van der Waals surface area (Å²) in [6.45, 7) is 0. The van der Waals surface area contributed by atoms with Crippen LogP contribution in [0.5, 0.6) is 11.5 Å². The van der Waals surface area contributed by atoms with Crippen molar-refractivity contribution in [3.63, 3.8) is 0 Å². The first kappa shape index (κ1) is 14.2. The normalized spacial score (nSPS) is 17.8. The summed E-state index contributed by atoms with van der Waals surface area (Å²) < 4.78 is 0. The van der Waals surface area contributed by atoms with Crippen molar-refractivity contribution >= 4 is 5.57 Å². The van der Waals surface area contributed by atoms with Crippen LogP contribution in [0.4, 0.5) is 0 Å². The van der Waals surface area contributed by atoms with E-state index in [9.17, 15) is 20.4 Å². The Morgan fingerprint density at radius 1 is 0.818 bits per heavy atom. The van der Waals surface area contributed by atoms with Gasteiger partial charge in [-0.05, 0) is 23.6 Å². The Hall–Kier alpha value is -2.72. The van der Waals surface area contributed by atoms with E-state index in [1.807, 2.05) is 12.1 Å². The molecule has 0 heterocycles. The fraction of sp³-hybridized carbons (Fsp3) is 0.111. The van der Waals surface area contributed by atoms with Crippen LogP contribution in [0.2, 0.25) is 0 Å². The number of para-hydroxylation sites is 1. The summed E-state index contributed by atoms with van der Waals surface area (Å²) in [6, 6.07) is 11.9. The molecule has 0 bridgehead atoms. The van der Waals surface area contributed by atoms with Crippen molar-refractivity contribution in [1.82, 2.24) is 0 Å². The molecule has 0 unspecified atom stereocenters. The van der Waals surface area contributed by atoms with Crippen LogP contribution in [-0.2, 0) is 0 Å². The van der Waals surface area contributed by atoms with Gasteiger partial charge in [-0.3, -0.25) is 0 Å². The van der Waals surface area contributed by atoms with E-state index in [4.69, 9.17) is 0 Å². The predicted molar refractivity (Wildman–Crippen MR) is 84.5 cm³/mol. The summed E-state index contributed by atoms with van der Waals surface area (Å²) >= 11 is 0. The molecular formula is C18H16O4. The highest BCUT2D eigenvalue weighted by Crippen LogP contribution is 2.40. The molecule has 0 saturated heterocycles. The molecule has 1 atom stereocenters. The Bertz CT molecular complexity index is 774. The van der Waals surface area contributed by atoms with Crippen LogP contribution in [0.25, 0.3) is 16.7 Å².